The topological polar surface area (TPSA) is 103 Å². The van der Waals surface area contributed by atoms with Crippen LogP contribution in [0.4, 0.5) is 4.39 Å². The van der Waals surface area contributed by atoms with Crippen molar-refractivity contribution in [3.05, 3.63) is 81.7 Å². The number of nitrogens with zero attached hydrogens (tertiary/aromatic N) is 3. The number of carbonyl (C=O) groups excluding carboxylic acids is 1. The molecule has 1 amide bonds. The Morgan fingerprint density at radius 1 is 1.21 bits per heavy atom. The van der Waals surface area contributed by atoms with Crippen LogP contribution in [0.2, 0.25) is 0 Å². The molecule has 28 heavy (non-hydrogen) atoms. The monoisotopic (exact) mass is 382 g/mol. The molecule has 1 N–H and O–H groups in total. The number of halogens is 1. The molecule has 2 heterocycles. The Morgan fingerprint density at radius 2 is 2.00 bits per heavy atom. The molecule has 8 nitrogen and oxygen atoms in total. The van der Waals surface area contributed by atoms with E-state index in [1.165, 1.54) is 16.7 Å². The highest BCUT2D eigenvalue weighted by Crippen LogP contribution is 2.15. The number of aromatic nitrogens is 3. The molecular weight excluding hydrogens is 367 g/mol. The summed E-state index contributed by atoms with van der Waals surface area (Å²) in [4.78, 5) is 28.3. The van der Waals surface area contributed by atoms with Crippen LogP contribution in [-0.2, 0) is 13.1 Å². The van der Waals surface area contributed by atoms with Gasteiger partial charge in [0.1, 0.15) is 5.82 Å². The fraction of sp³-hybridized carbons (Fsp3) is 0.158. The van der Waals surface area contributed by atoms with Gasteiger partial charge in [0.25, 0.3) is 0 Å². The number of aryl methyl sites for hydroxylation is 1. The summed E-state index contributed by atoms with van der Waals surface area (Å²) in [7, 11) is 0. The average molecular weight is 382 g/mol. The largest absolute Gasteiger partial charge is 0.420 e. The summed E-state index contributed by atoms with van der Waals surface area (Å²) in [5.74, 6) is -1.53. The van der Waals surface area contributed by atoms with Crippen LogP contribution in [0, 0.1) is 12.7 Å². The maximum atomic E-state index is 12.9. The standard InChI is InChI=1S/C19H15FN4O4/c1-11-2-7-15-14(8-11)24(19(26)27-15)10-16-22-18(28-23-16)17(25)21-9-12-3-5-13(20)6-4-12/h2-8H,9-10H2,1H3,(H,21,25). The minimum Gasteiger partial charge on any atom is -0.408 e. The van der Waals surface area contributed by atoms with Crippen molar-refractivity contribution in [3.8, 4) is 0 Å². The van der Waals surface area contributed by atoms with Gasteiger partial charge in [0.2, 0.25) is 0 Å². The first-order valence-corrected chi connectivity index (χ1v) is 8.45. The van der Waals surface area contributed by atoms with Crippen molar-refractivity contribution >= 4 is 17.0 Å². The van der Waals surface area contributed by atoms with Gasteiger partial charge in [-0.3, -0.25) is 9.36 Å². The van der Waals surface area contributed by atoms with Gasteiger partial charge in [-0.2, -0.15) is 4.98 Å². The summed E-state index contributed by atoms with van der Waals surface area (Å²) in [5, 5.41) is 6.36. The van der Waals surface area contributed by atoms with Gasteiger partial charge in [-0.15, -0.1) is 0 Å². The minimum atomic E-state index is -0.566. The molecule has 0 fully saturated rings. The molecule has 0 spiro atoms. The number of benzene rings is 2. The maximum Gasteiger partial charge on any atom is 0.420 e. The van der Waals surface area contributed by atoms with Crippen LogP contribution in [0.5, 0.6) is 0 Å². The average Bonchev–Trinajstić information content (AvgIpc) is 3.27. The molecule has 0 saturated carbocycles. The minimum absolute atomic E-state index is 0.00400. The van der Waals surface area contributed by atoms with Crippen LogP contribution >= 0.6 is 0 Å². The summed E-state index contributed by atoms with van der Waals surface area (Å²) in [6.45, 7) is 2.09. The lowest BCUT2D eigenvalue weighted by atomic mass is 10.2. The molecule has 0 saturated heterocycles. The van der Waals surface area contributed by atoms with E-state index < -0.39 is 11.7 Å². The molecule has 0 atom stereocenters. The van der Waals surface area contributed by atoms with E-state index in [9.17, 15) is 14.0 Å². The van der Waals surface area contributed by atoms with Crippen LogP contribution in [0.25, 0.3) is 11.1 Å². The lowest BCUT2D eigenvalue weighted by Gasteiger charge is -2.02. The fourth-order valence-corrected chi connectivity index (χ4v) is 2.73. The molecule has 0 aliphatic rings. The lowest BCUT2D eigenvalue weighted by molar-refractivity contribution is 0.0907. The Kier molecular flexibility index (Phi) is 4.48. The predicted octanol–water partition coefficient (Wildman–Crippen LogP) is 2.40. The number of carbonyl (C=O) groups is 1. The summed E-state index contributed by atoms with van der Waals surface area (Å²) in [6, 6.07) is 11.1. The van der Waals surface area contributed by atoms with E-state index in [1.54, 1.807) is 18.2 Å². The van der Waals surface area contributed by atoms with Crippen LogP contribution in [0.1, 0.15) is 27.6 Å². The van der Waals surface area contributed by atoms with E-state index in [0.717, 1.165) is 11.1 Å². The van der Waals surface area contributed by atoms with Crippen molar-refractivity contribution in [2.45, 2.75) is 20.0 Å². The number of rotatable bonds is 5. The summed E-state index contributed by atoms with van der Waals surface area (Å²) < 4.78 is 24.4. The Hall–Kier alpha value is -3.75. The number of hydrogen-bond acceptors (Lipinski definition) is 6. The molecule has 0 radical (unpaired) electrons. The molecule has 0 bridgehead atoms. The van der Waals surface area contributed by atoms with Gasteiger partial charge in [-0.1, -0.05) is 23.4 Å². The molecule has 0 unspecified atom stereocenters. The smallest absolute Gasteiger partial charge is 0.408 e. The van der Waals surface area contributed by atoms with Gasteiger partial charge in [0, 0.05) is 6.54 Å². The zero-order valence-corrected chi connectivity index (χ0v) is 14.8. The summed E-state index contributed by atoms with van der Waals surface area (Å²) >= 11 is 0. The van der Waals surface area contributed by atoms with E-state index in [4.69, 9.17) is 8.94 Å². The third-order valence-corrected chi connectivity index (χ3v) is 4.15. The van der Waals surface area contributed by atoms with E-state index in [-0.39, 0.29) is 30.6 Å². The number of fused-ring (bicyclic) bond motifs is 1. The highest BCUT2D eigenvalue weighted by atomic mass is 19.1. The van der Waals surface area contributed by atoms with Crippen LogP contribution < -0.4 is 11.1 Å². The molecule has 4 aromatic rings. The Bertz CT molecular complexity index is 1210. The van der Waals surface area contributed by atoms with E-state index in [2.05, 4.69) is 15.5 Å². The van der Waals surface area contributed by atoms with E-state index >= 15 is 0 Å². The SMILES string of the molecule is Cc1ccc2oc(=O)n(Cc3noc(C(=O)NCc4ccc(F)cc4)n3)c2c1. The molecule has 2 aromatic heterocycles. The van der Waals surface area contributed by atoms with Crippen molar-refractivity contribution < 1.29 is 18.1 Å². The number of nitrogens with one attached hydrogen (secondary N) is 1. The highest BCUT2D eigenvalue weighted by Gasteiger charge is 2.17. The molecular formula is C19H15FN4O4. The van der Waals surface area contributed by atoms with Crippen LogP contribution in [-0.4, -0.2) is 20.6 Å². The maximum absolute atomic E-state index is 12.9. The zero-order valence-electron chi connectivity index (χ0n) is 14.8. The predicted molar refractivity (Wildman–Crippen MR) is 96.2 cm³/mol. The first-order chi connectivity index (χ1) is 13.5. The van der Waals surface area contributed by atoms with Gasteiger partial charge < -0.3 is 14.3 Å². The Morgan fingerprint density at radius 3 is 2.79 bits per heavy atom. The zero-order chi connectivity index (χ0) is 19.7. The van der Waals surface area contributed by atoms with E-state index in [1.807, 2.05) is 19.1 Å². The van der Waals surface area contributed by atoms with Crippen molar-refractivity contribution in [2.75, 3.05) is 0 Å². The van der Waals surface area contributed by atoms with Crippen molar-refractivity contribution in [1.82, 2.24) is 20.0 Å². The lowest BCUT2D eigenvalue weighted by Crippen LogP contribution is -2.23. The Labute approximate surface area is 157 Å². The Balaban J connectivity index is 1.48. The highest BCUT2D eigenvalue weighted by molar-refractivity contribution is 5.89. The molecule has 9 heteroatoms. The van der Waals surface area contributed by atoms with Crippen molar-refractivity contribution in [2.24, 2.45) is 0 Å². The molecule has 142 valence electrons. The normalized spacial score (nSPS) is 11.1. The second kappa shape index (κ2) is 7.10. The second-order valence-electron chi connectivity index (χ2n) is 6.25. The van der Waals surface area contributed by atoms with Gasteiger partial charge in [0.05, 0.1) is 12.1 Å². The number of amides is 1. The molecule has 2 aromatic carbocycles. The molecule has 0 aliphatic carbocycles. The van der Waals surface area contributed by atoms with Crippen LogP contribution in [0.3, 0.4) is 0 Å². The quantitative estimate of drug-likeness (QED) is 0.569. The van der Waals surface area contributed by atoms with Gasteiger partial charge >= 0.3 is 17.6 Å². The van der Waals surface area contributed by atoms with Gasteiger partial charge in [-0.25, -0.2) is 9.18 Å². The summed E-state index contributed by atoms with van der Waals surface area (Å²) in [5.41, 5.74) is 2.76. The number of oxazole rings is 1. The van der Waals surface area contributed by atoms with Gasteiger partial charge in [-0.05, 0) is 42.3 Å². The fourth-order valence-electron chi connectivity index (χ4n) is 2.73. The van der Waals surface area contributed by atoms with Crippen molar-refractivity contribution in [1.29, 1.82) is 0 Å². The second-order valence-corrected chi connectivity index (χ2v) is 6.25. The first-order valence-electron chi connectivity index (χ1n) is 8.45. The third-order valence-electron chi connectivity index (χ3n) is 4.15. The van der Waals surface area contributed by atoms with Crippen LogP contribution in [0.15, 0.2) is 56.2 Å². The van der Waals surface area contributed by atoms with E-state index in [0.29, 0.717) is 11.1 Å². The summed E-state index contributed by atoms with van der Waals surface area (Å²) in [6.07, 6.45) is 0. The van der Waals surface area contributed by atoms with Gasteiger partial charge in [0.15, 0.2) is 11.4 Å². The third kappa shape index (κ3) is 3.54. The molecule has 4 rings (SSSR count). The van der Waals surface area contributed by atoms with Crippen molar-refractivity contribution in [3.63, 3.8) is 0 Å². The number of hydrogen-bond donors (Lipinski definition) is 1. The first kappa shape index (κ1) is 17.7. The molecule has 0 aliphatic heterocycles.